The van der Waals surface area contributed by atoms with Gasteiger partial charge in [-0.15, -0.1) is 0 Å². The molecule has 1 rings (SSSR count). The Bertz CT molecular complexity index is 78.1. The normalized spacial score (nSPS) is 29.4. The van der Waals surface area contributed by atoms with E-state index in [2.05, 4.69) is 13.0 Å². The van der Waals surface area contributed by atoms with Gasteiger partial charge in [0.2, 0.25) is 0 Å². The van der Waals surface area contributed by atoms with Gasteiger partial charge in [-0.25, -0.2) is 5.84 Å². The maximum absolute atomic E-state index is 5.37. The van der Waals surface area contributed by atoms with E-state index < -0.39 is 0 Å². The fraction of sp³-hybridized carbons (Fsp3) is 0.600. The lowest BCUT2D eigenvalue weighted by Gasteiger charge is -2.06. The Morgan fingerprint density at radius 3 is 2.71 bits per heavy atom. The first-order valence-electron chi connectivity index (χ1n) is 2.48. The summed E-state index contributed by atoms with van der Waals surface area (Å²) < 4.78 is 0. The van der Waals surface area contributed by atoms with Crippen LogP contribution in [0.4, 0.5) is 0 Å². The van der Waals surface area contributed by atoms with Crippen LogP contribution in [-0.4, -0.2) is 11.6 Å². The molecular formula is C5H10N2. The van der Waals surface area contributed by atoms with E-state index >= 15 is 0 Å². The summed E-state index contributed by atoms with van der Waals surface area (Å²) in [5, 5.41) is 1.70. The van der Waals surface area contributed by atoms with Crippen molar-refractivity contribution < 1.29 is 0 Å². The van der Waals surface area contributed by atoms with Gasteiger partial charge in [0.05, 0.1) is 0 Å². The molecule has 2 nitrogen and oxygen atoms in total. The molecule has 0 saturated heterocycles. The van der Waals surface area contributed by atoms with Crippen molar-refractivity contribution in [2.75, 3.05) is 6.54 Å². The number of hydrogen-bond acceptors (Lipinski definition) is 2. The smallest absolute Gasteiger partial charge is 0.0395 e. The van der Waals surface area contributed by atoms with Crippen LogP contribution in [0.2, 0.25) is 0 Å². The van der Waals surface area contributed by atoms with E-state index in [0.717, 1.165) is 6.54 Å². The van der Waals surface area contributed by atoms with Crippen molar-refractivity contribution in [2.24, 2.45) is 11.8 Å². The lowest BCUT2D eigenvalue weighted by Crippen LogP contribution is -2.24. The van der Waals surface area contributed by atoms with Gasteiger partial charge in [0, 0.05) is 12.7 Å². The third-order valence-corrected chi connectivity index (χ3v) is 1.10. The van der Waals surface area contributed by atoms with E-state index in [-0.39, 0.29) is 0 Å². The summed E-state index contributed by atoms with van der Waals surface area (Å²) in [7, 11) is 0. The summed E-state index contributed by atoms with van der Waals surface area (Å²) >= 11 is 0. The Hall–Kier alpha value is -0.500. The zero-order chi connectivity index (χ0) is 5.28. The molecule has 2 N–H and O–H groups in total. The predicted octanol–water partition coefficient (Wildman–Crippen LogP) is 0.326. The highest BCUT2D eigenvalue weighted by Crippen LogP contribution is 2.05. The molecule has 0 aromatic heterocycles. The van der Waals surface area contributed by atoms with Crippen LogP contribution >= 0.6 is 0 Å². The second-order valence-corrected chi connectivity index (χ2v) is 2.02. The number of nitrogens with two attached hydrogens (primary N) is 1. The van der Waals surface area contributed by atoms with Crippen molar-refractivity contribution in [2.45, 2.75) is 6.92 Å². The highest BCUT2D eigenvalue weighted by Gasteiger charge is 2.05. The molecule has 0 spiro atoms. The Labute approximate surface area is 43.6 Å². The third-order valence-electron chi connectivity index (χ3n) is 1.10. The summed E-state index contributed by atoms with van der Waals surface area (Å²) in [5.74, 6) is 6.02. The summed E-state index contributed by atoms with van der Waals surface area (Å²) in [4.78, 5) is 0. The standard InChI is InChI=1S/C5H10N2/c1-5-2-3-7(6)4-5/h2-3,5H,4,6H2,1H3. The molecule has 0 fully saturated rings. The summed E-state index contributed by atoms with van der Waals surface area (Å²) in [5.41, 5.74) is 0. The van der Waals surface area contributed by atoms with Gasteiger partial charge in [-0.3, -0.25) is 0 Å². The molecule has 0 saturated carbocycles. The van der Waals surface area contributed by atoms with Crippen LogP contribution < -0.4 is 5.84 Å². The highest BCUT2D eigenvalue weighted by atomic mass is 15.4. The van der Waals surface area contributed by atoms with E-state index in [4.69, 9.17) is 5.84 Å². The van der Waals surface area contributed by atoms with E-state index in [9.17, 15) is 0 Å². The van der Waals surface area contributed by atoms with Crippen LogP contribution in [0.1, 0.15) is 6.92 Å². The fourth-order valence-electron chi connectivity index (χ4n) is 0.712. The quantitative estimate of drug-likeness (QED) is 0.442. The van der Waals surface area contributed by atoms with Crippen LogP contribution in [0.15, 0.2) is 12.3 Å². The van der Waals surface area contributed by atoms with Crippen LogP contribution in [0.3, 0.4) is 0 Å². The maximum Gasteiger partial charge on any atom is 0.0395 e. The first-order chi connectivity index (χ1) is 3.29. The van der Waals surface area contributed by atoms with Crippen molar-refractivity contribution in [3.05, 3.63) is 12.3 Å². The SMILES string of the molecule is CC1C=CN(N)C1. The van der Waals surface area contributed by atoms with Crippen molar-refractivity contribution in [3.63, 3.8) is 0 Å². The number of hydrogen-bond donors (Lipinski definition) is 1. The molecule has 1 aliphatic heterocycles. The van der Waals surface area contributed by atoms with Crippen molar-refractivity contribution in [1.82, 2.24) is 5.01 Å². The predicted molar refractivity (Wildman–Crippen MR) is 29.2 cm³/mol. The average Bonchev–Trinajstić information content (AvgIpc) is 1.87. The van der Waals surface area contributed by atoms with E-state index in [1.165, 1.54) is 0 Å². The lowest BCUT2D eigenvalue weighted by atomic mass is 10.2. The Kier molecular flexibility index (Phi) is 1.02. The molecule has 0 bridgehead atoms. The third kappa shape index (κ3) is 0.933. The monoisotopic (exact) mass is 98.1 g/mol. The second kappa shape index (κ2) is 1.54. The molecule has 0 aromatic rings. The summed E-state index contributed by atoms with van der Waals surface area (Å²) in [6.45, 7) is 3.11. The van der Waals surface area contributed by atoms with Crippen molar-refractivity contribution in [3.8, 4) is 0 Å². The van der Waals surface area contributed by atoms with E-state index in [0.29, 0.717) is 5.92 Å². The Balaban J connectivity index is 2.42. The van der Waals surface area contributed by atoms with E-state index in [1.54, 1.807) is 5.01 Å². The van der Waals surface area contributed by atoms with E-state index in [1.807, 2.05) is 6.20 Å². The molecule has 1 unspecified atom stereocenters. The summed E-state index contributed by atoms with van der Waals surface area (Å²) in [6, 6.07) is 0. The zero-order valence-corrected chi connectivity index (χ0v) is 4.46. The minimum absolute atomic E-state index is 0.644. The van der Waals surface area contributed by atoms with Gasteiger partial charge in [-0.2, -0.15) is 0 Å². The first-order valence-corrected chi connectivity index (χ1v) is 2.48. The molecule has 0 aromatic carbocycles. The molecule has 0 aliphatic carbocycles. The average molecular weight is 98.1 g/mol. The largest absolute Gasteiger partial charge is 0.318 e. The molecule has 7 heavy (non-hydrogen) atoms. The summed E-state index contributed by atoms with van der Waals surface area (Å²) in [6.07, 6.45) is 4.00. The first kappa shape index (κ1) is 4.65. The topological polar surface area (TPSA) is 29.3 Å². The second-order valence-electron chi connectivity index (χ2n) is 2.02. The number of nitrogens with zero attached hydrogens (tertiary/aromatic N) is 1. The fourth-order valence-corrected chi connectivity index (χ4v) is 0.712. The molecule has 0 radical (unpaired) electrons. The van der Waals surface area contributed by atoms with Crippen LogP contribution in [0.5, 0.6) is 0 Å². The molecule has 1 aliphatic rings. The van der Waals surface area contributed by atoms with Crippen molar-refractivity contribution >= 4 is 0 Å². The van der Waals surface area contributed by atoms with Gasteiger partial charge < -0.3 is 5.01 Å². The van der Waals surface area contributed by atoms with Gasteiger partial charge in [0.1, 0.15) is 0 Å². The molecule has 1 atom stereocenters. The Morgan fingerprint density at radius 1 is 1.86 bits per heavy atom. The minimum atomic E-state index is 0.644. The lowest BCUT2D eigenvalue weighted by molar-refractivity contribution is 0.394. The van der Waals surface area contributed by atoms with Gasteiger partial charge in [-0.1, -0.05) is 13.0 Å². The number of rotatable bonds is 0. The molecule has 2 heteroatoms. The van der Waals surface area contributed by atoms with Crippen LogP contribution in [0, 0.1) is 5.92 Å². The van der Waals surface area contributed by atoms with Crippen molar-refractivity contribution in [1.29, 1.82) is 0 Å². The molecule has 0 amide bonds. The Morgan fingerprint density at radius 2 is 2.57 bits per heavy atom. The minimum Gasteiger partial charge on any atom is -0.318 e. The van der Waals surface area contributed by atoms with Gasteiger partial charge in [0.25, 0.3) is 0 Å². The van der Waals surface area contributed by atoms with Gasteiger partial charge in [-0.05, 0) is 5.92 Å². The number of hydrazine groups is 1. The van der Waals surface area contributed by atoms with Gasteiger partial charge in [0.15, 0.2) is 0 Å². The zero-order valence-electron chi connectivity index (χ0n) is 4.46. The molecule has 1 heterocycles. The van der Waals surface area contributed by atoms with Crippen LogP contribution in [0.25, 0.3) is 0 Å². The van der Waals surface area contributed by atoms with Gasteiger partial charge >= 0.3 is 0 Å². The van der Waals surface area contributed by atoms with Crippen LogP contribution in [-0.2, 0) is 0 Å². The molecular weight excluding hydrogens is 88.1 g/mol. The maximum atomic E-state index is 5.37. The molecule has 40 valence electrons. The highest BCUT2D eigenvalue weighted by molar-refractivity contribution is 4.93.